The van der Waals surface area contributed by atoms with Crippen LogP contribution < -0.4 is 49.0 Å². The van der Waals surface area contributed by atoms with Gasteiger partial charge in [0.25, 0.3) is 0 Å². The molecule has 26 rings (SSSR count). The van der Waals surface area contributed by atoms with Gasteiger partial charge in [0.05, 0.1) is 62.6 Å². The van der Waals surface area contributed by atoms with Gasteiger partial charge in [-0.3, -0.25) is 0 Å². The number of fused-ring (bicyclic) bond motifs is 18. The fraction of sp³-hybridized carbons (Fsp3) is 0.200. The second-order valence-corrected chi connectivity index (χ2v) is 38.7. The number of para-hydroxylation sites is 14. The molecule has 5 aromatic heterocycles. The molecular formula is C125H118N10O5. The molecule has 0 saturated heterocycles. The van der Waals surface area contributed by atoms with Crippen molar-refractivity contribution in [3.8, 4) is 0 Å². The van der Waals surface area contributed by atoms with Gasteiger partial charge >= 0.3 is 0 Å². The first-order valence-electron chi connectivity index (χ1n) is 49.3. The Bertz CT molecular complexity index is 8340. The van der Waals surface area contributed by atoms with E-state index in [4.69, 9.17) is 22.1 Å². The Balaban J connectivity index is 0.000000101. The van der Waals surface area contributed by atoms with E-state index in [0.717, 1.165) is 89.4 Å². The third-order valence-electron chi connectivity index (χ3n) is 29.3. The van der Waals surface area contributed by atoms with Crippen LogP contribution in [0.5, 0.6) is 0 Å². The molecule has 10 heterocycles. The van der Waals surface area contributed by atoms with E-state index >= 15 is 0 Å². The molecule has 140 heavy (non-hydrogen) atoms. The minimum Gasteiger partial charge on any atom is -0.454 e. The molecule has 0 aliphatic carbocycles. The first kappa shape index (κ1) is 89.2. The molecule has 698 valence electrons. The van der Waals surface area contributed by atoms with E-state index in [1.165, 1.54) is 139 Å². The standard InChI is InChI=1S/C29H32N2O.C27H22N2O.C24H24N2O.C23H20N2O.C22H20N2O/c1-18(2)22-11-9-12-23(19(3)4)28(22)31-17-16-30(21(31)6)27-20(5)14-15-25-24-10-7-8-13-26(24)32-29(25)27;1-18-16-17-22-21-12-6-9-15-25(21)30-27(22)26(18)29-19(2)28(20-10-4-3-5-11-20)23-13-7-8-14-24(23)29;1-15(2)25-17(4)26(21-11-7-6-10-20(21)25)23-16(3)13-14-19-18-9-5-8-12-22(18)27-24(19)23;1-16-12-13-20-19-10-6-7-11-21(19)26-23(20)22(16)25-15-14-24(17(25)2)18-8-4-3-5-9-18;1-14-12-13-17-16-8-4-7-11-20(16)25-22(17)21(14)24-15(2)23(3)18-9-5-6-10-19(18)24/h7-19,21H,1-6H3;3-17,19H,1-2H3;5-15,17H,1-4H3;3-15,17H,1-2H3;4-13,15H,1-3H3. The highest BCUT2D eigenvalue weighted by Gasteiger charge is 2.41. The molecule has 0 fully saturated rings. The minimum absolute atomic E-state index is 0.113. The lowest BCUT2D eigenvalue weighted by molar-refractivity contribution is 0.603. The van der Waals surface area contributed by atoms with Crippen molar-refractivity contribution in [1.29, 1.82) is 0 Å². The van der Waals surface area contributed by atoms with E-state index in [0.29, 0.717) is 17.9 Å². The largest absolute Gasteiger partial charge is 0.454 e. The third kappa shape index (κ3) is 15.0. The topological polar surface area (TPSA) is 98.1 Å². The maximum atomic E-state index is 6.42. The van der Waals surface area contributed by atoms with Gasteiger partial charge in [-0.15, -0.1) is 0 Å². The Morgan fingerprint density at radius 1 is 0.214 bits per heavy atom. The lowest BCUT2D eigenvalue weighted by atomic mass is 9.92. The summed E-state index contributed by atoms with van der Waals surface area (Å²) in [5, 5.41) is 11.7. The van der Waals surface area contributed by atoms with Gasteiger partial charge in [0.1, 0.15) is 58.7 Å². The highest BCUT2D eigenvalue weighted by molar-refractivity contribution is 6.16. The van der Waals surface area contributed by atoms with Crippen molar-refractivity contribution in [1.82, 2.24) is 0 Å². The molecule has 21 aromatic rings. The normalized spacial score (nSPS) is 16.5. The monoisotopic (exact) mass is 1840 g/mol. The molecule has 15 heteroatoms. The average molecular weight is 1840 g/mol. The number of benzene rings is 16. The number of furan rings is 5. The Labute approximate surface area is 819 Å². The summed E-state index contributed by atoms with van der Waals surface area (Å²) in [4.78, 5) is 23.8. The zero-order valence-electron chi connectivity index (χ0n) is 82.7. The van der Waals surface area contributed by atoms with Crippen LogP contribution in [0, 0.1) is 34.6 Å². The third-order valence-corrected chi connectivity index (χ3v) is 29.3. The second kappa shape index (κ2) is 36.2. The van der Waals surface area contributed by atoms with Crippen LogP contribution in [0.25, 0.3) is 110 Å². The van der Waals surface area contributed by atoms with Gasteiger partial charge in [-0.05, 0) is 225 Å². The van der Waals surface area contributed by atoms with E-state index in [1.807, 2.05) is 54.6 Å². The summed E-state index contributed by atoms with van der Waals surface area (Å²) in [5.41, 5.74) is 35.3. The minimum atomic E-state index is 0.113. The summed E-state index contributed by atoms with van der Waals surface area (Å²) in [7, 11) is 2.15. The lowest BCUT2D eigenvalue weighted by Crippen LogP contribution is -2.42. The van der Waals surface area contributed by atoms with Crippen molar-refractivity contribution in [3.05, 3.63) is 397 Å². The number of anilines is 14. The highest BCUT2D eigenvalue weighted by Crippen LogP contribution is 2.55. The molecule has 0 radical (unpaired) electrons. The van der Waals surface area contributed by atoms with Crippen LogP contribution in [0.3, 0.4) is 0 Å². The van der Waals surface area contributed by atoms with Crippen LogP contribution >= 0.6 is 0 Å². The molecule has 0 bridgehead atoms. The molecule has 0 spiro atoms. The molecule has 15 nitrogen and oxygen atoms in total. The van der Waals surface area contributed by atoms with E-state index in [9.17, 15) is 0 Å². The summed E-state index contributed by atoms with van der Waals surface area (Å²) in [5.74, 6) is 0.915. The predicted molar refractivity (Wildman–Crippen MR) is 589 cm³/mol. The van der Waals surface area contributed by atoms with Crippen LogP contribution in [0.1, 0.15) is 127 Å². The first-order valence-corrected chi connectivity index (χ1v) is 49.3. The Kier molecular flexibility index (Phi) is 23.0. The fourth-order valence-corrected chi connectivity index (χ4v) is 22.4. The van der Waals surface area contributed by atoms with Gasteiger partial charge in [-0.1, -0.05) is 270 Å². The van der Waals surface area contributed by atoms with Crippen LogP contribution in [-0.2, 0) is 0 Å². The van der Waals surface area contributed by atoms with Crippen molar-refractivity contribution in [2.45, 2.75) is 159 Å². The summed E-state index contributed by atoms with van der Waals surface area (Å²) in [6, 6.07) is 117. The van der Waals surface area contributed by atoms with Crippen LogP contribution in [0.15, 0.2) is 381 Å². The SMILES string of the molecule is Cc1ccc2c(oc3ccccc32)c1N1C=CN(c2c(C(C)C)cccc2C(C)C)C1C.Cc1ccc2c(oc3ccccc32)c1N1C=CN(c2ccccc2)C1C.Cc1ccc2c(oc3ccccc32)c1N1c2ccccc2N(C(C)C)C1C.Cc1ccc2c(oc3ccccc32)c1N1c2ccccc2N(C)C1C.Cc1ccc2c(oc3ccccc32)c1N1c2ccccc2N(c2ccccc2)C1C. The van der Waals surface area contributed by atoms with Crippen molar-refractivity contribution < 1.29 is 22.1 Å². The molecule has 0 amide bonds. The van der Waals surface area contributed by atoms with Gasteiger partial charge in [-0.25, -0.2) is 0 Å². The van der Waals surface area contributed by atoms with E-state index in [1.54, 1.807) is 0 Å². The van der Waals surface area contributed by atoms with Crippen LogP contribution in [0.4, 0.5) is 79.6 Å². The van der Waals surface area contributed by atoms with E-state index in [-0.39, 0.29) is 30.8 Å². The summed E-state index contributed by atoms with van der Waals surface area (Å²) >= 11 is 0. The van der Waals surface area contributed by atoms with Crippen molar-refractivity contribution in [2.24, 2.45) is 0 Å². The first-order chi connectivity index (χ1) is 68.1. The zero-order chi connectivity index (χ0) is 96.3. The predicted octanol–water partition coefficient (Wildman–Crippen LogP) is 34.3. The molecule has 5 aliphatic rings. The van der Waals surface area contributed by atoms with E-state index in [2.05, 4.69) is 471 Å². The van der Waals surface area contributed by atoms with Crippen molar-refractivity contribution in [2.75, 3.05) is 56.0 Å². The Morgan fingerprint density at radius 2 is 0.486 bits per heavy atom. The quantitative estimate of drug-likeness (QED) is 0.123. The second-order valence-electron chi connectivity index (χ2n) is 38.7. The summed E-state index contributed by atoms with van der Waals surface area (Å²) in [6.45, 7) is 35.7. The number of nitrogens with zero attached hydrogens (tertiary/aromatic N) is 10. The van der Waals surface area contributed by atoms with Gasteiger partial charge in [0.15, 0.2) is 27.9 Å². The van der Waals surface area contributed by atoms with Gasteiger partial charge < -0.3 is 71.1 Å². The van der Waals surface area contributed by atoms with Crippen LogP contribution in [-0.4, -0.2) is 43.9 Å². The van der Waals surface area contributed by atoms with E-state index < -0.39 is 0 Å². The van der Waals surface area contributed by atoms with Gasteiger partial charge in [-0.2, -0.15) is 0 Å². The van der Waals surface area contributed by atoms with Crippen molar-refractivity contribution >= 4 is 189 Å². The Hall–Kier alpha value is -16.0. The molecule has 0 N–H and O–H groups in total. The maximum absolute atomic E-state index is 6.42. The number of hydrogen-bond acceptors (Lipinski definition) is 15. The molecular weight excluding hydrogens is 1720 g/mol. The molecule has 16 aromatic carbocycles. The molecule has 0 saturated carbocycles. The smallest absolute Gasteiger partial charge is 0.159 e. The van der Waals surface area contributed by atoms with Crippen LogP contribution in [0.2, 0.25) is 0 Å². The summed E-state index contributed by atoms with van der Waals surface area (Å²) < 4.78 is 31.8. The number of rotatable bonds is 11. The Morgan fingerprint density at radius 3 is 0.857 bits per heavy atom. The van der Waals surface area contributed by atoms with Crippen molar-refractivity contribution in [3.63, 3.8) is 0 Å². The number of hydrogen-bond donors (Lipinski definition) is 0. The highest BCUT2D eigenvalue weighted by atomic mass is 16.3. The zero-order valence-corrected chi connectivity index (χ0v) is 82.7. The lowest BCUT2D eigenvalue weighted by Gasteiger charge is -2.34. The summed E-state index contributed by atoms with van der Waals surface area (Å²) in [6.07, 6.45) is 9.62. The maximum Gasteiger partial charge on any atom is 0.159 e. The average Bonchev–Trinajstić information content (AvgIpc) is 1.60. The molecule has 5 atom stereocenters. The molecule has 5 aliphatic heterocycles. The number of aryl methyl sites for hydroxylation is 5. The van der Waals surface area contributed by atoms with Gasteiger partial charge in [0, 0.05) is 109 Å². The molecule has 5 unspecified atom stereocenters. The van der Waals surface area contributed by atoms with Gasteiger partial charge in [0.2, 0.25) is 0 Å². The fourth-order valence-electron chi connectivity index (χ4n) is 22.4.